The number of thioether (sulfide) groups is 1. The van der Waals surface area contributed by atoms with Crippen molar-refractivity contribution in [2.75, 3.05) is 12.9 Å². The highest BCUT2D eigenvalue weighted by atomic mass is 35.5. The minimum absolute atomic E-state index is 0.0237. The number of rotatable bonds is 6. The Balaban J connectivity index is 1.47. The Morgan fingerprint density at radius 1 is 1.10 bits per heavy atom. The van der Waals surface area contributed by atoms with Crippen LogP contribution >= 0.6 is 23.4 Å². The number of ether oxygens (including phenoxy) is 2. The molecule has 4 aromatic rings. The van der Waals surface area contributed by atoms with E-state index in [4.69, 9.17) is 25.5 Å². The van der Waals surface area contributed by atoms with Gasteiger partial charge in [0, 0.05) is 38.4 Å². The topological polar surface area (TPSA) is 65.7 Å². The Hall–Kier alpha value is -2.96. The first-order chi connectivity index (χ1) is 14.5. The fourth-order valence-electron chi connectivity index (χ4n) is 3.18. The highest BCUT2D eigenvalue weighted by molar-refractivity contribution is 8.00. The van der Waals surface area contributed by atoms with Crippen LogP contribution in [0.5, 0.6) is 5.75 Å². The summed E-state index contributed by atoms with van der Waals surface area (Å²) in [6, 6.07) is 18.0. The van der Waals surface area contributed by atoms with Crippen LogP contribution in [0.2, 0.25) is 5.02 Å². The largest absolute Gasteiger partial charge is 0.497 e. The molecular formula is C23H17ClO5S. The lowest BCUT2D eigenvalue weighted by atomic mass is 10.1. The minimum Gasteiger partial charge on any atom is -0.497 e. The van der Waals surface area contributed by atoms with Crippen molar-refractivity contribution < 1.29 is 18.7 Å². The SMILES string of the molecule is COc1ccc2c(COC(=O)CSc3cccc4cccc(Cl)c34)cc(=O)oc2c1. The summed E-state index contributed by atoms with van der Waals surface area (Å²) in [6.07, 6.45) is 0. The van der Waals surface area contributed by atoms with Crippen molar-refractivity contribution in [2.24, 2.45) is 0 Å². The first-order valence-corrected chi connectivity index (χ1v) is 10.5. The van der Waals surface area contributed by atoms with Crippen LogP contribution in [0.3, 0.4) is 0 Å². The molecule has 0 fully saturated rings. The van der Waals surface area contributed by atoms with Gasteiger partial charge in [0.2, 0.25) is 0 Å². The zero-order chi connectivity index (χ0) is 21.1. The van der Waals surface area contributed by atoms with Crippen molar-refractivity contribution in [3.05, 3.63) is 81.7 Å². The monoisotopic (exact) mass is 440 g/mol. The summed E-state index contributed by atoms with van der Waals surface area (Å²) in [5, 5.41) is 3.26. The molecule has 1 aromatic heterocycles. The summed E-state index contributed by atoms with van der Waals surface area (Å²) >= 11 is 7.70. The molecule has 0 unspecified atom stereocenters. The fraction of sp³-hybridized carbons (Fsp3) is 0.130. The van der Waals surface area contributed by atoms with Gasteiger partial charge in [-0.3, -0.25) is 4.79 Å². The van der Waals surface area contributed by atoms with E-state index in [1.807, 2.05) is 36.4 Å². The van der Waals surface area contributed by atoms with Gasteiger partial charge >= 0.3 is 11.6 Å². The van der Waals surface area contributed by atoms with Gasteiger partial charge in [0.05, 0.1) is 12.9 Å². The van der Waals surface area contributed by atoms with Gasteiger partial charge in [-0.25, -0.2) is 4.79 Å². The molecule has 0 amide bonds. The molecule has 1 heterocycles. The third-order valence-corrected chi connectivity index (χ3v) is 5.93. The van der Waals surface area contributed by atoms with Crippen LogP contribution in [0.1, 0.15) is 5.56 Å². The number of halogens is 1. The van der Waals surface area contributed by atoms with Gasteiger partial charge < -0.3 is 13.9 Å². The number of methoxy groups -OCH3 is 1. The van der Waals surface area contributed by atoms with E-state index in [2.05, 4.69) is 0 Å². The van der Waals surface area contributed by atoms with E-state index in [-0.39, 0.29) is 18.3 Å². The molecule has 0 saturated carbocycles. The lowest BCUT2D eigenvalue weighted by Gasteiger charge is -2.09. The van der Waals surface area contributed by atoms with Crippen molar-refractivity contribution in [1.82, 2.24) is 0 Å². The molecule has 0 aliphatic heterocycles. The molecule has 5 nitrogen and oxygen atoms in total. The Labute approximate surface area is 181 Å². The number of fused-ring (bicyclic) bond motifs is 2. The average molecular weight is 441 g/mol. The number of hydrogen-bond acceptors (Lipinski definition) is 6. The normalized spacial score (nSPS) is 11.0. The number of carbonyl (C=O) groups excluding carboxylic acids is 1. The highest BCUT2D eigenvalue weighted by Gasteiger charge is 2.12. The van der Waals surface area contributed by atoms with Crippen LogP contribution in [-0.4, -0.2) is 18.8 Å². The van der Waals surface area contributed by atoms with Crippen molar-refractivity contribution in [1.29, 1.82) is 0 Å². The average Bonchev–Trinajstić information content (AvgIpc) is 2.75. The molecule has 3 aromatic carbocycles. The lowest BCUT2D eigenvalue weighted by Crippen LogP contribution is -2.09. The van der Waals surface area contributed by atoms with E-state index >= 15 is 0 Å². The van der Waals surface area contributed by atoms with E-state index < -0.39 is 5.63 Å². The molecule has 30 heavy (non-hydrogen) atoms. The fourth-order valence-corrected chi connectivity index (χ4v) is 4.42. The van der Waals surface area contributed by atoms with Crippen molar-refractivity contribution in [2.45, 2.75) is 11.5 Å². The molecule has 0 N–H and O–H groups in total. The van der Waals surface area contributed by atoms with Gasteiger partial charge in [-0.15, -0.1) is 11.8 Å². The molecule has 152 valence electrons. The molecule has 0 bridgehead atoms. The zero-order valence-corrected chi connectivity index (χ0v) is 17.6. The van der Waals surface area contributed by atoms with Gasteiger partial charge in [-0.05, 0) is 29.7 Å². The Morgan fingerprint density at radius 2 is 1.90 bits per heavy atom. The van der Waals surface area contributed by atoms with Crippen molar-refractivity contribution in [3.8, 4) is 5.75 Å². The molecule has 7 heteroatoms. The third kappa shape index (κ3) is 4.30. The quantitative estimate of drug-likeness (QED) is 0.226. The van der Waals surface area contributed by atoms with E-state index in [0.29, 0.717) is 27.3 Å². The Morgan fingerprint density at radius 3 is 2.70 bits per heavy atom. The van der Waals surface area contributed by atoms with Gasteiger partial charge in [-0.2, -0.15) is 0 Å². The van der Waals surface area contributed by atoms with E-state index in [1.54, 1.807) is 18.2 Å². The maximum absolute atomic E-state index is 12.3. The Bertz CT molecular complexity index is 1290. The van der Waals surface area contributed by atoms with E-state index in [0.717, 1.165) is 15.7 Å². The maximum atomic E-state index is 12.3. The van der Waals surface area contributed by atoms with Gasteiger partial charge in [0.15, 0.2) is 0 Å². The van der Waals surface area contributed by atoms with E-state index in [9.17, 15) is 9.59 Å². The summed E-state index contributed by atoms with van der Waals surface area (Å²) in [6.45, 7) is -0.0237. The van der Waals surface area contributed by atoms with Gasteiger partial charge in [-0.1, -0.05) is 35.9 Å². The van der Waals surface area contributed by atoms with Crippen molar-refractivity contribution in [3.63, 3.8) is 0 Å². The highest BCUT2D eigenvalue weighted by Crippen LogP contribution is 2.33. The van der Waals surface area contributed by atoms with Crippen LogP contribution in [-0.2, 0) is 16.1 Å². The molecule has 4 rings (SSSR count). The number of hydrogen-bond donors (Lipinski definition) is 0. The van der Waals surface area contributed by atoms with Crippen LogP contribution < -0.4 is 10.4 Å². The first kappa shape index (κ1) is 20.3. The summed E-state index contributed by atoms with van der Waals surface area (Å²) < 4.78 is 15.8. The second kappa shape index (κ2) is 8.81. The number of benzene rings is 3. The van der Waals surface area contributed by atoms with Crippen LogP contribution in [0.25, 0.3) is 21.7 Å². The standard InChI is InChI=1S/C23H17ClO5S/c1-27-16-8-9-17-15(10-21(25)29-19(17)11-16)12-28-22(26)13-30-20-7-3-5-14-4-2-6-18(24)23(14)20/h2-11H,12-13H2,1H3. The molecule has 0 spiro atoms. The zero-order valence-electron chi connectivity index (χ0n) is 16.0. The molecular weight excluding hydrogens is 424 g/mol. The van der Waals surface area contributed by atoms with Crippen LogP contribution in [0.4, 0.5) is 0 Å². The predicted octanol–water partition coefficient (Wildman–Crippen LogP) is 5.44. The first-order valence-electron chi connectivity index (χ1n) is 9.11. The van der Waals surface area contributed by atoms with Crippen LogP contribution in [0.15, 0.2) is 74.8 Å². The second-order valence-electron chi connectivity index (χ2n) is 6.50. The summed E-state index contributed by atoms with van der Waals surface area (Å²) in [4.78, 5) is 25.1. The molecule has 0 atom stereocenters. The smallest absolute Gasteiger partial charge is 0.336 e. The Kier molecular flexibility index (Phi) is 5.97. The number of esters is 1. The lowest BCUT2D eigenvalue weighted by molar-refractivity contribution is -0.141. The summed E-state index contributed by atoms with van der Waals surface area (Å²) in [7, 11) is 1.53. The predicted molar refractivity (Wildman–Crippen MR) is 119 cm³/mol. The molecule has 0 aliphatic carbocycles. The molecule has 0 saturated heterocycles. The molecule has 0 radical (unpaired) electrons. The third-order valence-electron chi connectivity index (χ3n) is 4.59. The summed E-state index contributed by atoms with van der Waals surface area (Å²) in [5.41, 5.74) is 0.449. The summed E-state index contributed by atoms with van der Waals surface area (Å²) in [5.74, 6) is 0.307. The molecule has 0 aliphatic rings. The minimum atomic E-state index is -0.512. The van der Waals surface area contributed by atoms with Crippen LogP contribution in [0, 0.1) is 0 Å². The van der Waals surface area contributed by atoms with E-state index in [1.165, 1.54) is 24.9 Å². The van der Waals surface area contributed by atoms with Gasteiger partial charge in [0.25, 0.3) is 0 Å². The number of carbonyl (C=O) groups is 1. The van der Waals surface area contributed by atoms with Gasteiger partial charge in [0.1, 0.15) is 17.9 Å². The van der Waals surface area contributed by atoms with Crippen molar-refractivity contribution >= 4 is 51.1 Å². The maximum Gasteiger partial charge on any atom is 0.336 e. The second-order valence-corrected chi connectivity index (χ2v) is 7.92.